The van der Waals surface area contributed by atoms with Crippen LogP contribution in [0.25, 0.3) is 0 Å². The molecule has 0 amide bonds. The second-order valence-electron chi connectivity index (χ2n) is 6.42. The van der Waals surface area contributed by atoms with E-state index in [2.05, 4.69) is 35.6 Å². The zero-order chi connectivity index (χ0) is 13.6. The van der Waals surface area contributed by atoms with Gasteiger partial charge in [0, 0.05) is 19.3 Å². The SMILES string of the molecule is c1ccc(C2CCC(NCC3CCOCC3)CC2)cc1. The first kappa shape index (κ1) is 14.1. The van der Waals surface area contributed by atoms with Crippen molar-refractivity contribution in [1.29, 1.82) is 0 Å². The Balaban J connectivity index is 1.40. The van der Waals surface area contributed by atoms with Gasteiger partial charge in [-0.3, -0.25) is 0 Å². The zero-order valence-electron chi connectivity index (χ0n) is 12.4. The van der Waals surface area contributed by atoms with Gasteiger partial charge in [-0.05, 0) is 62.5 Å². The molecule has 0 spiro atoms. The van der Waals surface area contributed by atoms with Crippen molar-refractivity contribution in [2.75, 3.05) is 19.8 Å². The molecule has 2 aliphatic rings. The van der Waals surface area contributed by atoms with Gasteiger partial charge in [0.25, 0.3) is 0 Å². The van der Waals surface area contributed by atoms with Crippen molar-refractivity contribution in [3.05, 3.63) is 35.9 Å². The first-order chi connectivity index (χ1) is 9.92. The molecular weight excluding hydrogens is 246 g/mol. The van der Waals surface area contributed by atoms with Crippen molar-refractivity contribution in [2.24, 2.45) is 5.92 Å². The molecule has 1 N–H and O–H groups in total. The van der Waals surface area contributed by atoms with Crippen LogP contribution in [0.15, 0.2) is 30.3 Å². The summed E-state index contributed by atoms with van der Waals surface area (Å²) in [5, 5.41) is 3.81. The molecule has 1 saturated carbocycles. The van der Waals surface area contributed by atoms with Crippen LogP contribution in [0.2, 0.25) is 0 Å². The van der Waals surface area contributed by atoms with Crippen LogP contribution < -0.4 is 5.32 Å². The Bertz CT molecular complexity index is 378. The van der Waals surface area contributed by atoms with Crippen LogP contribution >= 0.6 is 0 Å². The second-order valence-corrected chi connectivity index (χ2v) is 6.42. The Hall–Kier alpha value is -0.860. The summed E-state index contributed by atoms with van der Waals surface area (Å²) in [6.45, 7) is 3.13. The van der Waals surface area contributed by atoms with E-state index in [9.17, 15) is 0 Å². The molecule has 1 aliphatic heterocycles. The Morgan fingerprint density at radius 2 is 1.60 bits per heavy atom. The van der Waals surface area contributed by atoms with Gasteiger partial charge >= 0.3 is 0 Å². The number of hydrogen-bond donors (Lipinski definition) is 1. The van der Waals surface area contributed by atoms with Gasteiger partial charge in [0.2, 0.25) is 0 Å². The van der Waals surface area contributed by atoms with E-state index < -0.39 is 0 Å². The Morgan fingerprint density at radius 1 is 0.900 bits per heavy atom. The maximum absolute atomic E-state index is 5.43. The fraction of sp³-hybridized carbons (Fsp3) is 0.667. The topological polar surface area (TPSA) is 21.3 Å². The van der Waals surface area contributed by atoms with Crippen LogP contribution in [0.1, 0.15) is 50.0 Å². The lowest BCUT2D eigenvalue weighted by Crippen LogP contribution is -2.37. The second kappa shape index (κ2) is 7.24. The number of hydrogen-bond acceptors (Lipinski definition) is 2. The maximum Gasteiger partial charge on any atom is 0.0469 e. The van der Waals surface area contributed by atoms with Gasteiger partial charge in [-0.1, -0.05) is 30.3 Å². The minimum absolute atomic E-state index is 0.748. The standard InChI is InChI=1S/C18H27NO/c1-2-4-16(5-3-1)17-6-8-18(9-7-17)19-14-15-10-12-20-13-11-15/h1-5,15,17-19H,6-14H2. The highest BCUT2D eigenvalue weighted by Crippen LogP contribution is 2.32. The van der Waals surface area contributed by atoms with Gasteiger partial charge in [0.15, 0.2) is 0 Å². The quantitative estimate of drug-likeness (QED) is 0.902. The van der Waals surface area contributed by atoms with E-state index in [0.717, 1.165) is 31.1 Å². The van der Waals surface area contributed by atoms with Crippen molar-refractivity contribution in [2.45, 2.75) is 50.5 Å². The van der Waals surface area contributed by atoms with Crippen molar-refractivity contribution in [1.82, 2.24) is 5.32 Å². The Morgan fingerprint density at radius 3 is 2.30 bits per heavy atom. The molecule has 20 heavy (non-hydrogen) atoms. The van der Waals surface area contributed by atoms with E-state index in [1.165, 1.54) is 50.6 Å². The summed E-state index contributed by atoms with van der Waals surface area (Å²) in [6.07, 6.45) is 7.84. The summed E-state index contributed by atoms with van der Waals surface area (Å²) in [5.74, 6) is 1.63. The first-order valence-corrected chi connectivity index (χ1v) is 8.28. The number of ether oxygens (including phenoxy) is 1. The van der Waals surface area contributed by atoms with Crippen LogP contribution in [0.4, 0.5) is 0 Å². The average molecular weight is 273 g/mol. The average Bonchev–Trinajstić information content (AvgIpc) is 2.55. The van der Waals surface area contributed by atoms with Gasteiger partial charge in [-0.25, -0.2) is 0 Å². The predicted molar refractivity (Wildman–Crippen MR) is 83.0 cm³/mol. The van der Waals surface area contributed by atoms with E-state index in [4.69, 9.17) is 4.74 Å². The lowest BCUT2D eigenvalue weighted by atomic mass is 9.81. The smallest absolute Gasteiger partial charge is 0.0469 e. The van der Waals surface area contributed by atoms with E-state index in [-0.39, 0.29) is 0 Å². The van der Waals surface area contributed by atoms with Crippen molar-refractivity contribution >= 4 is 0 Å². The molecule has 3 rings (SSSR count). The molecule has 2 fully saturated rings. The zero-order valence-corrected chi connectivity index (χ0v) is 12.4. The molecule has 0 aromatic heterocycles. The molecular formula is C18H27NO. The van der Waals surface area contributed by atoms with Gasteiger partial charge in [0.05, 0.1) is 0 Å². The minimum atomic E-state index is 0.748. The van der Waals surface area contributed by atoms with Crippen LogP contribution in [0.5, 0.6) is 0 Å². The summed E-state index contributed by atoms with van der Waals surface area (Å²) in [7, 11) is 0. The van der Waals surface area contributed by atoms with Crippen molar-refractivity contribution in [3.63, 3.8) is 0 Å². The van der Waals surface area contributed by atoms with Gasteiger partial charge in [-0.2, -0.15) is 0 Å². The fourth-order valence-corrected chi connectivity index (χ4v) is 3.64. The molecule has 0 unspecified atom stereocenters. The summed E-state index contributed by atoms with van der Waals surface area (Å²) in [4.78, 5) is 0. The molecule has 0 bridgehead atoms. The van der Waals surface area contributed by atoms with Crippen LogP contribution in [0.3, 0.4) is 0 Å². The molecule has 1 aliphatic carbocycles. The third kappa shape index (κ3) is 3.83. The maximum atomic E-state index is 5.43. The van der Waals surface area contributed by atoms with Crippen LogP contribution in [-0.4, -0.2) is 25.8 Å². The highest BCUT2D eigenvalue weighted by Gasteiger charge is 2.23. The molecule has 1 aromatic carbocycles. The fourth-order valence-electron chi connectivity index (χ4n) is 3.64. The summed E-state index contributed by atoms with van der Waals surface area (Å²) >= 11 is 0. The first-order valence-electron chi connectivity index (χ1n) is 8.28. The summed E-state index contributed by atoms with van der Waals surface area (Å²) < 4.78 is 5.43. The van der Waals surface area contributed by atoms with E-state index in [0.29, 0.717) is 0 Å². The van der Waals surface area contributed by atoms with Crippen LogP contribution in [0, 0.1) is 5.92 Å². The van der Waals surface area contributed by atoms with Crippen molar-refractivity contribution < 1.29 is 4.74 Å². The third-order valence-corrected chi connectivity index (χ3v) is 5.03. The molecule has 1 saturated heterocycles. The molecule has 1 heterocycles. The summed E-state index contributed by atoms with van der Waals surface area (Å²) in [6, 6.07) is 11.8. The van der Waals surface area contributed by atoms with Crippen molar-refractivity contribution in [3.8, 4) is 0 Å². The van der Waals surface area contributed by atoms with E-state index in [1.807, 2.05) is 0 Å². The molecule has 0 atom stereocenters. The highest BCUT2D eigenvalue weighted by atomic mass is 16.5. The van der Waals surface area contributed by atoms with E-state index in [1.54, 1.807) is 0 Å². The van der Waals surface area contributed by atoms with Gasteiger partial charge in [-0.15, -0.1) is 0 Å². The molecule has 2 heteroatoms. The van der Waals surface area contributed by atoms with E-state index >= 15 is 0 Å². The van der Waals surface area contributed by atoms with Gasteiger partial charge < -0.3 is 10.1 Å². The Labute approximate surface area is 122 Å². The monoisotopic (exact) mass is 273 g/mol. The molecule has 0 radical (unpaired) electrons. The summed E-state index contributed by atoms with van der Waals surface area (Å²) in [5.41, 5.74) is 1.54. The largest absolute Gasteiger partial charge is 0.381 e. The number of rotatable bonds is 4. The molecule has 110 valence electrons. The van der Waals surface area contributed by atoms with Crippen LogP contribution in [-0.2, 0) is 4.74 Å². The lowest BCUT2D eigenvalue weighted by molar-refractivity contribution is 0.0649. The van der Waals surface area contributed by atoms with Gasteiger partial charge in [0.1, 0.15) is 0 Å². The molecule has 2 nitrogen and oxygen atoms in total. The number of benzene rings is 1. The highest BCUT2D eigenvalue weighted by molar-refractivity contribution is 5.20. The lowest BCUT2D eigenvalue weighted by Gasteiger charge is -2.31. The molecule has 1 aromatic rings. The normalized spacial score (nSPS) is 28.4. The predicted octanol–water partition coefficient (Wildman–Crippen LogP) is 3.73. The Kier molecular flexibility index (Phi) is 5.10. The number of nitrogens with one attached hydrogen (secondary N) is 1. The minimum Gasteiger partial charge on any atom is -0.381 e. The third-order valence-electron chi connectivity index (χ3n) is 5.03.